The molecule has 0 aliphatic carbocycles. The average Bonchev–Trinajstić information content (AvgIpc) is 3.33. The molecule has 0 aromatic carbocycles. The van der Waals surface area contributed by atoms with Gasteiger partial charge in [0.25, 0.3) is 0 Å². The van der Waals surface area contributed by atoms with Crippen molar-refractivity contribution >= 4 is 29.9 Å². The normalized spacial score (nSPS) is 16.8. The van der Waals surface area contributed by atoms with E-state index in [1.54, 1.807) is 6.20 Å². The van der Waals surface area contributed by atoms with Crippen LogP contribution in [0.25, 0.3) is 0 Å². The molecule has 2 aromatic heterocycles. The maximum atomic E-state index is 5.83. The second-order valence-corrected chi connectivity index (χ2v) is 6.95. The van der Waals surface area contributed by atoms with E-state index in [1.807, 2.05) is 31.0 Å². The molecule has 1 saturated heterocycles. The van der Waals surface area contributed by atoms with E-state index >= 15 is 0 Å². The molecule has 3 rings (SSSR count). The quantitative estimate of drug-likeness (QED) is 0.275. The Morgan fingerprint density at radius 3 is 3.00 bits per heavy atom. The van der Waals surface area contributed by atoms with Gasteiger partial charge in [0.05, 0.1) is 12.8 Å². The van der Waals surface area contributed by atoms with Crippen LogP contribution in [-0.4, -0.2) is 52.4 Å². The number of nitrogens with one attached hydrogen (secondary N) is 1. The van der Waals surface area contributed by atoms with Gasteiger partial charge in [0.15, 0.2) is 5.96 Å². The van der Waals surface area contributed by atoms with Gasteiger partial charge < -0.3 is 15.0 Å². The lowest BCUT2D eigenvalue weighted by Gasteiger charge is -2.22. The Bertz CT molecular complexity index is 763. The molecule has 1 unspecified atom stereocenters. The SMILES string of the molecule is CCCCOc1ncccc1CNC(=NC)N1CCC(c2cnn(C)c2)C1.I. The van der Waals surface area contributed by atoms with Gasteiger partial charge in [-0.2, -0.15) is 5.10 Å². The van der Waals surface area contributed by atoms with Crippen LogP contribution >= 0.6 is 24.0 Å². The molecule has 1 aliphatic heterocycles. The number of halogens is 1. The molecule has 0 saturated carbocycles. The van der Waals surface area contributed by atoms with Crippen LogP contribution in [0.1, 0.15) is 43.2 Å². The first kappa shape index (κ1) is 22.4. The van der Waals surface area contributed by atoms with Crippen molar-refractivity contribution in [2.45, 2.75) is 38.6 Å². The predicted molar refractivity (Wildman–Crippen MR) is 122 cm³/mol. The first-order valence-electron chi connectivity index (χ1n) is 9.72. The van der Waals surface area contributed by atoms with Crippen molar-refractivity contribution in [2.75, 3.05) is 26.7 Å². The minimum absolute atomic E-state index is 0. The Hall–Kier alpha value is -1.84. The molecule has 8 heteroatoms. The molecule has 0 amide bonds. The molecule has 154 valence electrons. The zero-order valence-electron chi connectivity index (χ0n) is 17.0. The number of likely N-dealkylation sites (tertiary alicyclic amines) is 1. The van der Waals surface area contributed by atoms with E-state index in [0.717, 1.165) is 43.9 Å². The van der Waals surface area contributed by atoms with Gasteiger partial charge in [-0.1, -0.05) is 19.4 Å². The van der Waals surface area contributed by atoms with E-state index in [2.05, 4.69) is 44.5 Å². The zero-order valence-corrected chi connectivity index (χ0v) is 19.3. The molecule has 28 heavy (non-hydrogen) atoms. The molecule has 0 radical (unpaired) electrons. The van der Waals surface area contributed by atoms with Crippen molar-refractivity contribution in [3.63, 3.8) is 0 Å². The van der Waals surface area contributed by atoms with Crippen LogP contribution < -0.4 is 10.1 Å². The van der Waals surface area contributed by atoms with Gasteiger partial charge >= 0.3 is 0 Å². The van der Waals surface area contributed by atoms with Crippen molar-refractivity contribution in [2.24, 2.45) is 12.0 Å². The zero-order chi connectivity index (χ0) is 19.1. The van der Waals surface area contributed by atoms with E-state index in [-0.39, 0.29) is 24.0 Å². The molecule has 1 aliphatic rings. The summed E-state index contributed by atoms with van der Waals surface area (Å²) in [4.78, 5) is 11.2. The number of guanidine groups is 1. The van der Waals surface area contributed by atoms with Crippen molar-refractivity contribution in [3.8, 4) is 5.88 Å². The number of aromatic nitrogens is 3. The largest absolute Gasteiger partial charge is 0.477 e. The van der Waals surface area contributed by atoms with Crippen LogP contribution in [-0.2, 0) is 13.6 Å². The molecule has 3 heterocycles. The molecule has 0 spiro atoms. The summed E-state index contributed by atoms with van der Waals surface area (Å²) >= 11 is 0. The Balaban J connectivity index is 0.00000280. The Morgan fingerprint density at radius 1 is 1.43 bits per heavy atom. The van der Waals surface area contributed by atoms with Crippen molar-refractivity contribution in [1.29, 1.82) is 0 Å². The van der Waals surface area contributed by atoms with Gasteiger partial charge in [-0.05, 0) is 24.5 Å². The fourth-order valence-electron chi connectivity index (χ4n) is 3.38. The third-order valence-corrected chi connectivity index (χ3v) is 4.92. The topological polar surface area (TPSA) is 67.6 Å². The van der Waals surface area contributed by atoms with Crippen LogP contribution in [0.3, 0.4) is 0 Å². The summed E-state index contributed by atoms with van der Waals surface area (Å²) < 4.78 is 7.70. The van der Waals surface area contributed by atoms with Crippen LogP contribution in [0.5, 0.6) is 5.88 Å². The highest BCUT2D eigenvalue weighted by Gasteiger charge is 2.26. The molecule has 1 atom stereocenters. The molecular weight excluding hydrogens is 467 g/mol. The van der Waals surface area contributed by atoms with Gasteiger partial charge in [-0.15, -0.1) is 24.0 Å². The van der Waals surface area contributed by atoms with E-state index < -0.39 is 0 Å². The highest BCUT2D eigenvalue weighted by atomic mass is 127. The number of aliphatic imine (C=N–C) groups is 1. The fourth-order valence-corrected chi connectivity index (χ4v) is 3.38. The Morgan fingerprint density at radius 2 is 2.29 bits per heavy atom. The molecule has 0 bridgehead atoms. The third kappa shape index (κ3) is 5.83. The van der Waals surface area contributed by atoms with E-state index in [9.17, 15) is 0 Å². The fraction of sp³-hybridized carbons (Fsp3) is 0.550. The predicted octanol–water partition coefficient (Wildman–Crippen LogP) is 3.18. The lowest BCUT2D eigenvalue weighted by Crippen LogP contribution is -2.39. The maximum absolute atomic E-state index is 5.83. The van der Waals surface area contributed by atoms with E-state index in [4.69, 9.17) is 4.74 Å². The van der Waals surface area contributed by atoms with Crippen molar-refractivity contribution in [1.82, 2.24) is 25.0 Å². The monoisotopic (exact) mass is 498 g/mol. The minimum atomic E-state index is 0. The third-order valence-electron chi connectivity index (χ3n) is 4.92. The Labute approximate surface area is 184 Å². The van der Waals surface area contributed by atoms with E-state index in [1.165, 1.54) is 5.56 Å². The molecule has 1 fully saturated rings. The first-order valence-corrected chi connectivity index (χ1v) is 9.72. The van der Waals surface area contributed by atoms with Gasteiger partial charge in [-0.3, -0.25) is 9.67 Å². The summed E-state index contributed by atoms with van der Waals surface area (Å²) in [5, 5.41) is 7.77. The van der Waals surface area contributed by atoms with Crippen molar-refractivity contribution < 1.29 is 4.74 Å². The Kier molecular flexibility index (Phi) is 9.01. The summed E-state index contributed by atoms with van der Waals surface area (Å²) in [6, 6.07) is 4.00. The molecule has 7 nitrogen and oxygen atoms in total. The number of unbranched alkanes of at least 4 members (excludes halogenated alkanes) is 1. The maximum Gasteiger partial charge on any atom is 0.218 e. The first-order chi connectivity index (χ1) is 13.2. The summed E-state index contributed by atoms with van der Waals surface area (Å²) in [5.74, 6) is 2.14. The highest BCUT2D eigenvalue weighted by molar-refractivity contribution is 14.0. The molecule has 1 N–H and O–H groups in total. The van der Waals surface area contributed by atoms with Crippen LogP contribution in [0, 0.1) is 0 Å². The number of pyridine rings is 1. The smallest absolute Gasteiger partial charge is 0.218 e. The van der Waals surface area contributed by atoms with Crippen LogP contribution in [0.15, 0.2) is 35.7 Å². The van der Waals surface area contributed by atoms with E-state index in [0.29, 0.717) is 24.9 Å². The second kappa shape index (κ2) is 11.2. The number of nitrogens with zero attached hydrogens (tertiary/aromatic N) is 5. The van der Waals surface area contributed by atoms with Gasteiger partial charge in [-0.25, -0.2) is 4.98 Å². The molecule has 2 aromatic rings. The lowest BCUT2D eigenvalue weighted by atomic mass is 10.0. The van der Waals surface area contributed by atoms with Gasteiger partial charge in [0.2, 0.25) is 5.88 Å². The number of hydrogen-bond donors (Lipinski definition) is 1. The minimum Gasteiger partial charge on any atom is -0.477 e. The summed E-state index contributed by atoms with van der Waals surface area (Å²) in [6.45, 7) is 5.46. The number of ether oxygens (including phenoxy) is 1. The highest BCUT2D eigenvalue weighted by Crippen LogP contribution is 2.26. The van der Waals surface area contributed by atoms with Crippen molar-refractivity contribution in [3.05, 3.63) is 41.9 Å². The summed E-state index contributed by atoms with van der Waals surface area (Å²) in [7, 11) is 3.80. The summed E-state index contributed by atoms with van der Waals surface area (Å²) in [6.07, 6.45) is 9.12. The van der Waals surface area contributed by atoms with Crippen LogP contribution in [0.4, 0.5) is 0 Å². The number of aryl methyl sites for hydroxylation is 1. The average molecular weight is 498 g/mol. The standard InChI is InChI=1S/C20H30N6O.HI/c1-4-5-11-27-19-16(7-6-9-22-19)12-23-20(21-2)26-10-8-17(15-26)18-13-24-25(3)14-18;/h6-7,9,13-14,17H,4-5,8,10-12,15H2,1-3H3,(H,21,23);1H. The lowest BCUT2D eigenvalue weighted by molar-refractivity contribution is 0.294. The number of rotatable bonds is 7. The second-order valence-electron chi connectivity index (χ2n) is 6.95. The summed E-state index contributed by atoms with van der Waals surface area (Å²) in [5.41, 5.74) is 2.35. The number of hydrogen-bond acceptors (Lipinski definition) is 4. The van der Waals surface area contributed by atoms with Gasteiger partial charge in [0, 0.05) is 57.6 Å². The molecular formula is C20H31IN6O. The van der Waals surface area contributed by atoms with Crippen LogP contribution in [0.2, 0.25) is 0 Å². The van der Waals surface area contributed by atoms with Gasteiger partial charge in [0.1, 0.15) is 0 Å².